The highest BCUT2D eigenvalue weighted by atomic mass is 19.4. The standard InChI is InChI=1S/C27H32F3N5O2/c1-17(2)22(34(14-8-12-31)26(37)21-15-32-13-11-18(21)3)24-33-23(27(28,29)30)19(4)25(36)35(24)16-20-9-6-5-7-10-20/h5-7,9-11,13,15,17,22H,8,12,14,16,31H2,1-4H3. The van der Waals surface area contributed by atoms with E-state index in [4.69, 9.17) is 5.73 Å². The van der Waals surface area contributed by atoms with Crippen LogP contribution in [0.5, 0.6) is 0 Å². The fourth-order valence-corrected chi connectivity index (χ4v) is 4.36. The molecule has 0 saturated carbocycles. The van der Waals surface area contributed by atoms with Gasteiger partial charge in [-0.15, -0.1) is 0 Å². The molecule has 0 aliphatic carbocycles. The molecule has 3 rings (SSSR count). The molecular weight excluding hydrogens is 483 g/mol. The number of nitrogens with zero attached hydrogens (tertiary/aromatic N) is 4. The Morgan fingerprint density at radius 1 is 1.14 bits per heavy atom. The quantitative estimate of drug-likeness (QED) is 0.453. The molecule has 0 saturated heterocycles. The smallest absolute Gasteiger partial charge is 0.330 e. The zero-order valence-corrected chi connectivity index (χ0v) is 21.4. The molecule has 10 heteroatoms. The monoisotopic (exact) mass is 515 g/mol. The van der Waals surface area contributed by atoms with E-state index in [9.17, 15) is 22.8 Å². The molecule has 0 spiro atoms. The summed E-state index contributed by atoms with van der Waals surface area (Å²) in [5.74, 6) is -0.905. The van der Waals surface area contributed by atoms with Crippen LogP contribution in [-0.2, 0) is 12.7 Å². The Hall–Kier alpha value is -3.53. The molecule has 37 heavy (non-hydrogen) atoms. The van der Waals surface area contributed by atoms with Crippen LogP contribution in [-0.4, -0.2) is 38.4 Å². The molecule has 0 radical (unpaired) electrons. The highest BCUT2D eigenvalue weighted by Gasteiger charge is 2.40. The van der Waals surface area contributed by atoms with E-state index in [0.717, 1.165) is 12.5 Å². The lowest BCUT2D eigenvalue weighted by atomic mass is 9.98. The lowest BCUT2D eigenvalue weighted by Crippen LogP contribution is -2.43. The number of amides is 1. The number of pyridine rings is 1. The van der Waals surface area contributed by atoms with E-state index in [2.05, 4.69) is 9.97 Å². The van der Waals surface area contributed by atoms with Crippen LogP contribution in [0.3, 0.4) is 0 Å². The first-order valence-corrected chi connectivity index (χ1v) is 12.1. The van der Waals surface area contributed by atoms with Gasteiger partial charge < -0.3 is 10.6 Å². The van der Waals surface area contributed by atoms with Gasteiger partial charge >= 0.3 is 6.18 Å². The average Bonchev–Trinajstić information content (AvgIpc) is 2.85. The molecule has 0 aliphatic heterocycles. The predicted octanol–water partition coefficient (Wildman–Crippen LogP) is 4.51. The summed E-state index contributed by atoms with van der Waals surface area (Å²) in [5.41, 5.74) is 4.94. The summed E-state index contributed by atoms with van der Waals surface area (Å²) < 4.78 is 43.2. The zero-order chi connectivity index (χ0) is 27.3. The van der Waals surface area contributed by atoms with Crippen molar-refractivity contribution in [3.05, 3.63) is 92.9 Å². The molecule has 0 aliphatic rings. The van der Waals surface area contributed by atoms with E-state index >= 15 is 0 Å². The number of hydrogen-bond acceptors (Lipinski definition) is 5. The SMILES string of the molecule is Cc1ccncc1C(=O)N(CCCN)C(c1nc(C(F)(F)F)c(C)c(=O)n1Cc1ccccc1)C(C)C. The van der Waals surface area contributed by atoms with E-state index in [0.29, 0.717) is 17.5 Å². The van der Waals surface area contributed by atoms with Gasteiger partial charge in [-0.25, -0.2) is 4.98 Å². The van der Waals surface area contributed by atoms with Gasteiger partial charge in [-0.3, -0.25) is 19.1 Å². The van der Waals surface area contributed by atoms with Crippen molar-refractivity contribution in [3.8, 4) is 0 Å². The molecular formula is C27H32F3N5O2. The average molecular weight is 516 g/mol. The Kier molecular flexibility index (Phi) is 8.85. The van der Waals surface area contributed by atoms with Gasteiger partial charge in [0, 0.05) is 24.5 Å². The molecule has 3 aromatic rings. The first-order chi connectivity index (χ1) is 17.5. The van der Waals surface area contributed by atoms with Gasteiger partial charge in [0.05, 0.1) is 18.2 Å². The lowest BCUT2D eigenvalue weighted by molar-refractivity contribution is -0.142. The van der Waals surface area contributed by atoms with Gasteiger partial charge in [0.1, 0.15) is 5.82 Å². The number of aromatic nitrogens is 3. The minimum Gasteiger partial charge on any atom is -0.330 e. The molecule has 1 amide bonds. The minimum absolute atomic E-state index is 0.00897. The number of nitrogens with two attached hydrogens (primary N) is 1. The lowest BCUT2D eigenvalue weighted by Gasteiger charge is -2.36. The number of carbonyl (C=O) groups is 1. The van der Waals surface area contributed by atoms with Crippen LogP contribution in [0.4, 0.5) is 13.2 Å². The van der Waals surface area contributed by atoms with Crippen LogP contribution in [0.15, 0.2) is 53.6 Å². The Bertz CT molecular complexity index is 1290. The summed E-state index contributed by atoms with van der Waals surface area (Å²) in [4.78, 5) is 36.8. The molecule has 7 nitrogen and oxygen atoms in total. The van der Waals surface area contributed by atoms with Crippen molar-refractivity contribution in [2.75, 3.05) is 13.1 Å². The molecule has 0 fully saturated rings. The van der Waals surface area contributed by atoms with Crippen LogP contribution in [0.2, 0.25) is 0 Å². The van der Waals surface area contributed by atoms with E-state index in [1.807, 2.05) is 6.07 Å². The maximum atomic E-state index is 14.0. The maximum Gasteiger partial charge on any atom is 0.433 e. The first-order valence-electron chi connectivity index (χ1n) is 12.1. The third kappa shape index (κ3) is 6.25. The van der Waals surface area contributed by atoms with Gasteiger partial charge in [-0.2, -0.15) is 13.2 Å². The number of carbonyl (C=O) groups excluding carboxylic acids is 1. The number of aryl methyl sites for hydroxylation is 1. The highest BCUT2D eigenvalue weighted by molar-refractivity contribution is 5.95. The van der Waals surface area contributed by atoms with E-state index < -0.39 is 34.9 Å². The van der Waals surface area contributed by atoms with Crippen molar-refractivity contribution in [1.82, 2.24) is 19.4 Å². The van der Waals surface area contributed by atoms with Crippen LogP contribution >= 0.6 is 0 Å². The largest absolute Gasteiger partial charge is 0.433 e. The fourth-order valence-electron chi connectivity index (χ4n) is 4.36. The van der Waals surface area contributed by atoms with Crippen molar-refractivity contribution in [3.63, 3.8) is 0 Å². The molecule has 1 atom stereocenters. The van der Waals surface area contributed by atoms with Crippen LogP contribution in [0.1, 0.15) is 64.9 Å². The Morgan fingerprint density at radius 2 is 1.81 bits per heavy atom. The molecule has 1 unspecified atom stereocenters. The maximum absolute atomic E-state index is 14.0. The summed E-state index contributed by atoms with van der Waals surface area (Å²) >= 11 is 0. The zero-order valence-electron chi connectivity index (χ0n) is 21.4. The molecule has 2 N–H and O–H groups in total. The number of benzene rings is 1. The second-order valence-electron chi connectivity index (χ2n) is 9.34. The van der Waals surface area contributed by atoms with Gasteiger partial charge in [-0.05, 0) is 49.9 Å². The summed E-state index contributed by atoms with van der Waals surface area (Å²) in [7, 11) is 0. The van der Waals surface area contributed by atoms with Gasteiger partial charge in [0.25, 0.3) is 11.5 Å². The molecule has 2 aromatic heterocycles. The molecule has 2 heterocycles. The van der Waals surface area contributed by atoms with Gasteiger partial charge in [-0.1, -0.05) is 44.2 Å². The number of rotatable bonds is 9. The fraction of sp³-hybridized carbons (Fsp3) is 0.407. The summed E-state index contributed by atoms with van der Waals surface area (Å²) in [6, 6.07) is 9.70. The second kappa shape index (κ2) is 11.7. The topological polar surface area (TPSA) is 94.1 Å². The molecule has 0 bridgehead atoms. The van der Waals surface area contributed by atoms with Crippen molar-refractivity contribution >= 4 is 5.91 Å². The van der Waals surface area contributed by atoms with E-state index in [1.165, 1.54) is 15.7 Å². The van der Waals surface area contributed by atoms with Crippen LogP contribution < -0.4 is 11.3 Å². The minimum atomic E-state index is -4.84. The van der Waals surface area contributed by atoms with Crippen molar-refractivity contribution in [1.29, 1.82) is 0 Å². The van der Waals surface area contributed by atoms with Crippen molar-refractivity contribution in [2.45, 2.75) is 52.9 Å². The van der Waals surface area contributed by atoms with E-state index in [1.54, 1.807) is 57.3 Å². The van der Waals surface area contributed by atoms with Crippen molar-refractivity contribution < 1.29 is 18.0 Å². The van der Waals surface area contributed by atoms with Crippen LogP contribution in [0.25, 0.3) is 0 Å². The predicted molar refractivity (Wildman–Crippen MR) is 135 cm³/mol. The summed E-state index contributed by atoms with van der Waals surface area (Å²) in [5, 5.41) is 0. The number of halogens is 3. The summed E-state index contributed by atoms with van der Waals surface area (Å²) in [6.07, 6.45) is -1.43. The van der Waals surface area contributed by atoms with E-state index in [-0.39, 0.29) is 31.4 Å². The normalized spacial score (nSPS) is 12.6. The van der Waals surface area contributed by atoms with Crippen LogP contribution in [0, 0.1) is 19.8 Å². The molecule has 1 aromatic carbocycles. The third-order valence-electron chi connectivity index (χ3n) is 6.24. The van der Waals surface area contributed by atoms with Gasteiger partial charge in [0.15, 0.2) is 5.69 Å². The third-order valence-corrected chi connectivity index (χ3v) is 6.24. The Labute approximate surface area is 214 Å². The molecule has 198 valence electrons. The Balaban J connectivity index is 2.29. The summed E-state index contributed by atoms with van der Waals surface area (Å²) in [6.45, 7) is 6.91. The van der Waals surface area contributed by atoms with Crippen molar-refractivity contribution in [2.24, 2.45) is 11.7 Å². The number of hydrogen-bond donors (Lipinski definition) is 1. The van der Waals surface area contributed by atoms with Gasteiger partial charge in [0.2, 0.25) is 0 Å². The highest BCUT2D eigenvalue weighted by Crippen LogP contribution is 2.34. The number of alkyl halides is 3. The first kappa shape index (κ1) is 28.0. The second-order valence-corrected chi connectivity index (χ2v) is 9.34. The Morgan fingerprint density at radius 3 is 2.38 bits per heavy atom.